The molecule has 4 rings (SSSR count). The quantitative estimate of drug-likeness (QED) is 0.493. The maximum Gasteiger partial charge on any atom is 0.239 e. The Hall–Kier alpha value is -2.30. The highest BCUT2D eigenvalue weighted by Crippen LogP contribution is 2.31. The maximum absolute atomic E-state index is 12.2. The number of nitrogens with one attached hydrogen (secondary N) is 1. The van der Waals surface area contributed by atoms with Gasteiger partial charge in [0, 0.05) is 25.7 Å². The van der Waals surface area contributed by atoms with Gasteiger partial charge in [0.25, 0.3) is 0 Å². The van der Waals surface area contributed by atoms with Crippen LogP contribution in [0.5, 0.6) is 11.5 Å². The largest absolute Gasteiger partial charge is 0.612 e. The number of hydrogen-bond acceptors (Lipinski definition) is 7. The van der Waals surface area contributed by atoms with Gasteiger partial charge in [-0.2, -0.15) is 0 Å². The Morgan fingerprint density at radius 1 is 1.21 bits per heavy atom. The number of nitrogens with two attached hydrogens (primary N) is 1. The number of aliphatic hydroxyl groups excluding tert-OH is 1. The summed E-state index contributed by atoms with van der Waals surface area (Å²) in [7, 11) is 0. The minimum Gasteiger partial charge on any atom is -0.612 e. The molecule has 2 aromatic carbocycles. The Morgan fingerprint density at radius 2 is 1.88 bits per heavy atom. The van der Waals surface area contributed by atoms with E-state index in [9.17, 15) is 14.5 Å². The number of para-hydroxylation sites is 2. The van der Waals surface area contributed by atoms with Gasteiger partial charge in [0.1, 0.15) is 25.0 Å². The lowest BCUT2D eigenvalue weighted by molar-refractivity contribution is -0.124. The van der Waals surface area contributed by atoms with E-state index in [2.05, 4.69) is 10.2 Å². The summed E-state index contributed by atoms with van der Waals surface area (Å²) in [6.07, 6.45) is 2.17. The molecule has 0 bridgehead atoms. The molecule has 4 unspecified atom stereocenters. The molecule has 1 saturated heterocycles. The second kappa shape index (κ2) is 10.8. The average Bonchev–Trinajstić information content (AvgIpc) is 2.83. The molecular formula is C24H31N3O5S. The lowest BCUT2D eigenvalue weighted by atomic mass is 9.98. The van der Waals surface area contributed by atoms with Crippen molar-refractivity contribution in [1.29, 1.82) is 0 Å². The van der Waals surface area contributed by atoms with Crippen molar-refractivity contribution in [1.82, 2.24) is 10.2 Å². The fraction of sp³-hybridized carbons (Fsp3) is 0.458. The van der Waals surface area contributed by atoms with E-state index < -0.39 is 35.3 Å². The first-order chi connectivity index (χ1) is 15.9. The Bertz CT molecular complexity index is 934. The number of rotatable bonds is 8. The van der Waals surface area contributed by atoms with E-state index in [4.69, 9.17) is 15.2 Å². The van der Waals surface area contributed by atoms with Crippen molar-refractivity contribution in [3.63, 3.8) is 0 Å². The van der Waals surface area contributed by atoms with Crippen molar-refractivity contribution >= 4 is 17.1 Å². The van der Waals surface area contributed by atoms with Crippen molar-refractivity contribution in [2.24, 2.45) is 5.73 Å². The fourth-order valence-electron chi connectivity index (χ4n) is 4.40. The molecule has 0 saturated carbocycles. The minimum atomic E-state index is -1.07. The smallest absolute Gasteiger partial charge is 0.239 e. The molecule has 1 fully saturated rings. The topological polar surface area (TPSA) is 120 Å². The number of carbonyl (C=O) groups excluding carboxylic acids is 1. The number of fused-ring (bicyclic) bond motifs is 1. The molecule has 178 valence electrons. The van der Waals surface area contributed by atoms with Crippen LogP contribution < -0.4 is 20.5 Å². The van der Waals surface area contributed by atoms with Crippen LogP contribution >= 0.6 is 0 Å². The number of carbonyl (C=O) groups is 1. The summed E-state index contributed by atoms with van der Waals surface area (Å²) in [4.78, 5) is 15.0. The molecule has 4 N–H and O–H groups in total. The van der Waals surface area contributed by atoms with Gasteiger partial charge in [0.2, 0.25) is 5.91 Å². The van der Waals surface area contributed by atoms with E-state index in [0.717, 1.165) is 23.3 Å². The van der Waals surface area contributed by atoms with E-state index in [-0.39, 0.29) is 6.04 Å². The molecule has 2 aliphatic rings. The second-order valence-electron chi connectivity index (χ2n) is 8.53. The van der Waals surface area contributed by atoms with Crippen LogP contribution in [0.4, 0.5) is 0 Å². The minimum absolute atomic E-state index is 0.228. The first kappa shape index (κ1) is 23.8. The van der Waals surface area contributed by atoms with Crippen LogP contribution in [0.1, 0.15) is 24.4 Å². The standard InChI is InChI=1S/C24H31N3O5S/c1-33(30)18-8-6-16(7-9-18)23(24(25)29)27-12-10-17(11-13-27)26-14-19(28)22-15-31-20-4-2-3-5-21(20)32-22/h2-9,17,19,22-23,26,28H,10-15H2,1H3,(H2,25,29). The van der Waals surface area contributed by atoms with E-state index in [1.54, 1.807) is 18.4 Å². The van der Waals surface area contributed by atoms with Crippen molar-refractivity contribution in [2.45, 2.75) is 42.0 Å². The van der Waals surface area contributed by atoms with Gasteiger partial charge < -0.3 is 30.2 Å². The first-order valence-corrected chi connectivity index (χ1v) is 12.7. The number of piperidine rings is 1. The Labute approximate surface area is 197 Å². The molecule has 9 heteroatoms. The van der Waals surface area contributed by atoms with Crippen LogP contribution in [-0.2, 0) is 16.0 Å². The summed E-state index contributed by atoms with van der Waals surface area (Å²) in [5.74, 6) is 0.955. The van der Waals surface area contributed by atoms with Crippen molar-refractivity contribution in [3.8, 4) is 11.5 Å². The third-order valence-corrected chi connectivity index (χ3v) is 7.20. The number of hydrogen-bond donors (Lipinski definition) is 3. The summed E-state index contributed by atoms with van der Waals surface area (Å²) < 4.78 is 23.2. The number of likely N-dealkylation sites (tertiary alicyclic amines) is 1. The summed E-state index contributed by atoms with van der Waals surface area (Å²) in [6, 6.07) is 14.4. The molecule has 0 radical (unpaired) electrons. The molecule has 1 amide bonds. The van der Waals surface area contributed by atoms with Gasteiger partial charge in [0.15, 0.2) is 22.5 Å². The third-order valence-electron chi connectivity index (χ3n) is 6.27. The number of aliphatic hydroxyl groups is 1. The lowest BCUT2D eigenvalue weighted by Crippen LogP contribution is -2.50. The predicted octanol–water partition coefficient (Wildman–Crippen LogP) is 1.21. The monoisotopic (exact) mass is 473 g/mol. The van der Waals surface area contributed by atoms with Crippen LogP contribution in [0, 0.1) is 0 Å². The van der Waals surface area contributed by atoms with Crippen LogP contribution in [-0.4, -0.2) is 71.2 Å². The first-order valence-electron chi connectivity index (χ1n) is 11.2. The van der Waals surface area contributed by atoms with E-state index in [1.807, 2.05) is 36.4 Å². The Balaban J connectivity index is 1.27. The normalized spacial score (nSPS) is 21.8. The number of primary amides is 1. The van der Waals surface area contributed by atoms with Gasteiger partial charge in [-0.25, -0.2) is 0 Å². The van der Waals surface area contributed by atoms with Crippen LogP contribution in [0.2, 0.25) is 0 Å². The van der Waals surface area contributed by atoms with Gasteiger partial charge in [-0.05, 0) is 53.8 Å². The molecule has 2 aromatic rings. The van der Waals surface area contributed by atoms with Crippen LogP contribution in [0.15, 0.2) is 53.4 Å². The van der Waals surface area contributed by atoms with Gasteiger partial charge in [0.05, 0.1) is 0 Å². The Kier molecular flexibility index (Phi) is 7.77. The number of benzene rings is 2. The molecule has 8 nitrogen and oxygen atoms in total. The molecule has 2 aliphatic heterocycles. The zero-order valence-corrected chi connectivity index (χ0v) is 19.5. The number of amides is 1. The summed E-state index contributed by atoms with van der Waals surface area (Å²) in [5, 5.41) is 14.0. The molecule has 33 heavy (non-hydrogen) atoms. The summed E-state index contributed by atoms with van der Waals surface area (Å²) >= 11 is -1.07. The zero-order chi connectivity index (χ0) is 23.4. The van der Waals surface area contributed by atoms with Crippen molar-refractivity contribution < 1.29 is 23.9 Å². The van der Waals surface area contributed by atoms with E-state index in [0.29, 0.717) is 37.7 Å². The highest BCUT2D eigenvalue weighted by Gasteiger charge is 2.31. The molecule has 4 atom stereocenters. The third kappa shape index (κ3) is 5.80. The number of ether oxygens (including phenoxy) is 2. The van der Waals surface area contributed by atoms with Gasteiger partial charge in [-0.3, -0.25) is 9.69 Å². The number of nitrogens with zero attached hydrogens (tertiary/aromatic N) is 1. The lowest BCUT2D eigenvalue weighted by Gasteiger charge is -2.37. The van der Waals surface area contributed by atoms with E-state index >= 15 is 0 Å². The predicted molar refractivity (Wildman–Crippen MR) is 126 cm³/mol. The summed E-state index contributed by atoms with van der Waals surface area (Å²) in [6.45, 7) is 2.12. The highest BCUT2D eigenvalue weighted by atomic mass is 32.2. The molecule has 0 aromatic heterocycles. The molecule has 0 aliphatic carbocycles. The van der Waals surface area contributed by atoms with E-state index in [1.165, 1.54) is 0 Å². The van der Waals surface area contributed by atoms with Crippen molar-refractivity contribution in [2.75, 3.05) is 32.5 Å². The fourth-order valence-corrected chi connectivity index (χ4v) is 4.92. The molecular weight excluding hydrogens is 442 g/mol. The highest BCUT2D eigenvalue weighted by molar-refractivity contribution is 7.90. The summed E-state index contributed by atoms with van der Waals surface area (Å²) in [5.41, 5.74) is 6.55. The Morgan fingerprint density at radius 3 is 2.52 bits per heavy atom. The maximum atomic E-state index is 12.2. The van der Waals surface area contributed by atoms with Crippen molar-refractivity contribution in [3.05, 3.63) is 54.1 Å². The van der Waals surface area contributed by atoms with Gasteiger partial charge in [-0.15, -0.1) is 0 Å². The van der Waals surface area contributed by atoms with Crippen LogP contribution in [0.3, 0.4) is 0 Å². The molecule has 0 spiro atoms. The SMILES string of the molecule is C[S+]([O-])c1ccc(C(C(N)=O)N2CCC(NCC(O)C3COc4ccccc4O3)CC2)cc1. The van der Waals surface area contributed by atoms with Gasteiger partial charge >= 0.3 is 0 Å². The zero-order valence-electron chi connectivity index (χ0n) is 18.7. The average molecular weight is 474 g/mol. The molecule has 2 heterocycles. The van der Waals surface area contributed by atoms with Gasteiger partial charge in [-0.1, -0.05) is 24.3 Å². The van der Waals surface area contributed by atoms with Crippen LogP contribution in [0.25, 0.3) is 0 Å². The second-order valence-corrected chi connectivity index (χ2v) is 9.91.